The van der Waals surface area contributed by atoms with Crippen molar-refractivity contribution in [2.75, 3.05) is 7.05 Å². The average Bonchev–Trinajstić information content (AvgIpc) is 2.64. The highest BCUT2D eigenvalue weighted by Crippen LogP contribution is 2.22. The maximum Gasteiger partial charge on any atom is 0.115 e. The molecule has 0 saturated carbocycles. The van der Waals surface area contributed by atoms with Crippen LogP contribution in [0.4, 0.5) is 0 Å². The van der Waals surface area contributed by atoms with Gasteiger partial charge in [0, 0.05) is 23.9 Å². The van der Waals surface area contributed by atoms with Gasteiger partial charge in [0.1, 0.15) is 6.33 Å². The van der Waals surface area contributed by atoms with Gasteiger partial charge in [0.25, 0.3) is 0 Å². The summed E-state index contributed by atoms with van der Waals surface area (Å²) in [7, 11) is 2.06. The minimum Gasteiger partial charge on any atom is -0.317 e. The molecule has 0 aliphatic heterocycles. The normalized spacial score (nSPS) is 17.0. The van der Waals surface area contributed by atoms with E-state index < -0.39 is 0 Å². The Kier molecular flexibility index (Phi) is 5.12. The van der Waals surface area contributed by atoms with Gasteiger partial charge in [0.2, 0.25) is 0 Å². The fraction of sp³-hybridized carbons (Fsp3) is 0.733. The number of nitrogens with one attached hydrogen (secondary N) is 1. The Morgan fingerprint density at radius 3 is 2.83 bits per heavy atom. The van der Waals surface area contributed by atoms with Crippen LogP contribution in [0, 0.1) is 0 Å². The average molecular weight is 247 g/mol. The first-order valence-electron chi connectivity index (χ1n) is 7.34. The Hall–Kier alpha value is -0.960. The molecule has 100 valence electrons. The molecule has 3 nitrogen and oxygen atoms in total. The number of likely N-dealkylation sites (N-methyl/N-ethyl adjacent to an activating group) is 1. The molecule has 1 N–H and O–H groups in total. The molecule has 1 aliphatic carbocycles. The maximum absolute atomic E-state index is 4.55. The van der Waals surface area contributed by atoms with Crippen molar-refractivity contribution in [1.29, 1.82) is 0 Å². The van der Waals surface area contributed by atoms with Crippen LogP contribution in [0.1, 0.15) is 56.0 Å². The van der Waals surface area contributed by atoms with Gasteiger partial charge in [-0.1, -0.05) is 19.8 Å². The molecule has 1 aliphatic rings. The van der Waals surface area contributed by atoms with Crippen molar-refractivity contribution in [1.82, 2.24) is 15.3 Å². The van der Waals surface area contributed by atoms with Gasteiger partial charge < -0.3 is 5.32 Å². The smallest absolute Gasteiger partial charge is 0.115 e. The standard InChI is InChI=1S/C15H25N3/c1-3-7-12(16-2)10-15-13-8-5-4-6-9-14(13)17-11-18-15/h11-12,16H,3-10H2,1-2H3. The fourth-order valence-corrected chi connectivity index (χ4v) is 2.87. The number of fused-ring (bicyclic) bond motifs is 1. The van der Waals surface area contributed by atoms with Gasteiger partial charge in [-0.05, 0) is 44.7 Å². The molecule has 1 unspecified atom stereocenters. The highest BCUT2D eigenvalue weighted by Gasteiger charge is 2.16. The summed E-state index contributed by atoms with van der Waals surface area (Å²) in [4.78, 5) is 9.04. The highest BCUT2D eigenvalue weighted by molar-refractivity contribution is 5.26. The van der Waals surface area contributed by atoms with E-state index in [4.69, 9.17) is 0 Å². The second-order valence-electron chi connectivity index (χ2n) is 5.28. The van der Waals surface area contributed by atoms with Crippen LogP contribution in [0.2, 0.25) is 0 Å². The Morgan fingerprint density at radius 1 is 1.22 bits per heavy atom. The van der Waals surface area contributed by atoms with Crippen LogP contribution < -0.4 is 5.32 Å². The molecular weight excluding hydrogens is 222 g/mol. The first-order valence-corrected chi connectivity index (χ1v) is 7.34. The van der Waals surface area contributed by atoms with Crippen molar-refractivity contribution in [2.45, 2.75) is 64.3 Å². The zero-order valence-corrected chi connectivity index (χ0v) is 11.7. The SMILES string of the molecule is CCCC(Cc1ncnc2c1CCCCC2)NC. The van der Waals surface area contributed by atoms with E-state index in [9.17, 15) is 0 Å². The number of nitrogens with zero attached hydrogens (tertiary/aromatic N) is 2. The molecule has 3 heteroatoms. The molecular formula is C15H25N3. The lowest BCUT2D eigenvalue weighted by Gasteiger charge is -2.17. The summed E-state index contributed by atoms with van der Waals surface area (Å²) in [5.41, 5.74) is 4.05. The third-order valence-electron chi connectivity index (χ3n) is 3.95. The Labute approximate surface area is 110 Å². The molecule has 0 bridgehead atoms. The zero-order valence-electron chi connectivity index (χ0n) is 11.7. The summed E-state index contributed by atoms with van der Waals surface area (Å²) < 4.78 is 0. The van der Waals surface area contributed by atoms with Crippen LogP contribution >= 0.6 is 0 Å². The van der Waals surface area contributed by atoms with Crippen molar-refractivity contribution < 1.29 is 0 Å². The Morgan fingerprint density at radius 2 is 2.06 bits per heavy atom. The molecule has 0 amide bonds. The van der Waals surface area contributed by atoms with E-state index in [0.29, 0.717) is 6.04 Å². The van der Waals surface area contributed by atoms with Crippen molar-refractivity contribution in [3.8, 4) is 0 Å². The van der Waals surface area contributed by atoms with Crippen LogP contribution in [0.3, 0.4) is 0 Å². The van der Waals surface area contributed by atoms with E-state index in [1.165, 1.54) is 55.5 Å². The molecule has 1 aromatic rings. The first-order chi connectivity index (χ1) is 8.85. The Balaban J connectivity index is 2.17. The predicted octanol–water partition coefficient (Wildman–Crippen LogP) is 2.68. The quantitative estimate of drug-likeness (QED) is 0.813. The van der Waals surface area contributed by atoms with Crippen molar-refractivity contribution in [3.05, 3.63) is 23.3 Å². The summed E-state index contributed by atoms with van der Waals surface area (Å²) in [5, 5.41) is 3.41. The van der Waals surface area contributed by atoms with Crippen molar-refractivity contribution in [3.63, 3.8) is 0 Å². The minimum absolute atomic E-state index is 0.553. The second-order valence-corrected chi connectivity index (χ2v) is 5.28. The molecule has 2 rings (SSSR count). The lowest BCUT2D eigenvalue weighted by atomic mass is 9.99. The molecule has 1 aromatic heterocycles. The fourth-order valence-electron chi connectivity index (χ4n) is 2.87. The van der Waals surface area contributed by atoms with Gasteiger partial charge in [0.15, 0.2) is 0 Å². The summed E-state index contributed by atoms with van der Waals surface area (Å²) >= 11 is 0. The first kappa shape index (κ1) is 13.5. The molecule has 0 radical (unpaired) electrons. The number of aryl methyl sites for hydroxylation is 1. The number of hydrogen-bond donors (Lipinski definition) is 1. The summed E-state index contributed by atoms with van der Waals surface area (Å²) in [6, 6.07) is 0.553. The van der Waals surface area contributed by atoms with Gasteiger partial charge in [0.05, 0.1) is 0 Å². The summed E-state index contributed by atoms with van der Waals surface area (Å²) in [6.07, 6.45) is 11.5. The van der Waals surface area contributed by atoms with Gasteiger partial charge in [-0.3, -0.25) is 0 Å². The van der Waals surface area contributed by atoms with Crippen LogP contribution in [-0.4, -0.2) is 23.1 Å². The molecule has 0 aromatic carbocycles. The van der Waals surface area contributed by atoms with Crippen LogP contribution in [0.25, 0.3) is 0 Å². The van der Waals surface area contributed by atoms with E-state index in [-0.39, 0.29) is 0 Å². The largest absolute Gasteiger partial charge is 0.317 e. The van der Waals surface area contributed by atoms with Gasteiger partial charge in [-0.2, -0.15) is 0 Å². The van der Waals surface area contributed by atoms with E-state index in [1.54, 1.807) is 6.33 Å². The topological polar surface area (TPSA) is 37.8 Å². The van der Waals surface area contributed by atoms with Crippen LogP contribution in [-0.2, 0) is 19.3 Å². The van der Waals surface area contributed by atoms with Crippen LogP contribution in [0.5, 0.6) is 0 Å². The number of hydrogen-bond acceptors (Lipinski definition) is 3. The van der Waals surface area contributed by atoms with Crippen LogP contribution in [0.15, 0.2) is 6.33 Å². The third-order valence-corrected chi connectivity index (χ3v) is 3.95. The lowest BCUT2D eigenvalue weighted by Crippen LogP contribution is -2.28. The third kappa shape index (κ3) is 3.29. The number of aromatic nitrogens is 2. The van der Waals surface area contributed by atoms with E-state index in [2.05, 4.69) is 29.3 Å². The van der Waals surface area contributed by atoms with Crippen molar-refractivity contribution >= 4 is 0 Å². The Bertz CT molecular complexity index is 376. The zero-order chi connectivity index (χ0) is 12.8. The molecule has 0 fully saturated rings. The van der Waals surface area contributed by atoms with Gasteiger partial charge in [-0.15, -0.1) is 0 Å². The lowest BCUT2D eigenvalue weighted by molar-refractivity contribution is 0.506. The predicted molar refractivity (Wildman–Crippen MR) is 74.8 cm³/mol. The molecule has 0 spiro atoms. The highest BCUT2D eigenvalue weighted by atomic mass is 14.9. The second kappa shape index (κ2) is 6.83. The summed E-state index contributed by atoms with van der Waals surface area (Å²) in [5.74, 6) is 0. The minimum atomic E-state index is 0.553. The number of rotatable bonds is 5. The van der Waals surface area contributed by atoms with E-state index in [1.807, 2.05) is 0 Å². The van der Waals surface area contributed by atoms with Gasteiger partial charge >= 0.3 is 0 Å². The summed E-state index contributed by atoms with van der Waals surface area (Å²) in [6.45, 7) is 2.24. The van der Waals surface area contributed by atoms with Crippen molar-refractivity contribution in [2.24, 2.45) is 0 Å². The molecule has 18 heavy (non-hydrogen) atoms. The molecule has 1 atom stereocenters. The maximum atomic E-state index is 4.55. The van der Waals surface area contributed by atoms with E-state index >= 15 is 0 Å². The monoisotopic (exact) mass is 247 g/mol. The van der Waals surface area contributed by atoms with Gasteiger partial charge in [-0.25, -0.2) is 9.97 Å². The van der Waals surface area contributed by atoms with E-state index in [0.717, 1.165) is 12.8 Å². The molecule has 0 saturated heterocycles. The molecule has 1 heterocycles.